The Morgan fingerprint density at radius 1 is 0.375 bits per heavy atom. The van der Waals surface area contributed by atoms with Crippen molar-refractivity contribution >= 4 is 0 Å². The lowest BCUT2D eigenvalue weighted by Gasteiger charge is -2.49. The third kappa shape index (κ3) is 10.1. The van der Waals surface area contributed by atoms with E-state index in [-0.39, 0.29) is 0 Å². The van der Waals surface area contributed by atoms with E-state index in [9.17, 15) is 91.9 Å². The molecule has 0 aromatic rings. The summed E-state index contributed by atoms with van der Waals surface area (Å²) in [6.45, 7) is -5.91. The maximum atomic E-state index is 11.3. The minimum Gasteiger partial charge on any atom is -0.394 e. The smallest absolute Gasteiger partial charge is 0.187 e. The van der Waals surface area contributed by atoms with Gasteiger partial charge in [-0.2, -0.15) is 0 Å². The molecule has 4 aliphatic rings. The van der Waals surface area contributed by atoms with Crippen molar-refractivity contribution in [3.05, 3.63) is 0 Å². The fourth-order valence-electron chi connectivity index (χ4n) is 6.61. The first kappa shape index (κ1) is 47.6. The van der Waals surface area contributed by atoms with Crippen LogP contribution in [0, 0.1) is 0 Å². The average Bonchev–Trinajstić information content (AvgIpc) is 3.19. The van der Waals surface area contributed by atoms with Crippen molar-refractivity contribution in [2.75, 3.05) is 39.6 Å². The average molecular weight is 831 g/mol. The van der Waals surface area contributed by atoms with Gasteiger partial charge in [0.2, 0.25) is 0 Å². The van der Waals surface area contributed by atoms with Crippen molar-refractivity contribution in [1.82, 2.24) is 0 Å². The lowest BCUT2D eigenvalue weighted by Crippen LogP contribution is -2.68. The number of aliphatic hydroxyl groups is 18. The van der Waals surface area contributed by atoms with Crippen molar-refractivity contribution in [3.8, 4) is 0 Å². The van der Waals surface area contributed by atoms with Crippen LogP contribution in [-0.4, -0.2) is 279 Å². The summed E-state index contributed by atoms with van der Waals surface area (Å²) < 4.78 is 43.8. The zero-order valence-electron chi connectivity index (χ0n) is 29.4. The highest BCUT2D eigenvalue weighted by atomic mass is 16.8. The van der Waals surface area contributed by atoms with E-state index in [1.165, 1.54) is 0 Å². The Morgan fingerprint density at radius 3 is 1.05 bits per heavy atom. The molecular formula is C30H54O26. The molecule has 0 amide bonds. The van der Waals surface area contributed by atoms with E-state index in [1.807, 2.05) is 0 Å². The molecular weight excluding hydrogens is 776 g/mol. The summed E-state index contributed by atoms with van der Waals surface area (Å²) in [5.74, 6) is 0. The lowest BCUT2D eigenvalue weighted by molar-refractivity contribution is -0.392. The zero-order chi connectivity index (χ0) is 41.8. The molecule has 18 N–H and O–H groups in total. The van der Waals surface area contributed by atoms with Gasteiger partial charge in [0, 0.05) is 0 Å². The fourth-order valence-corrected chi connectivity index (χ4v) is 6.61. The maximum absolute atomic E-state index is 11.3. The van der Waals surface area contributed by atoms with Gasteiger partial charge in [0.15, 0.2) is 25.2 Å². The van der Waals surface area contributed by atoms with Crippen molar-refractivity contribution in [2.24, 2.45) is 0 Å². The number of aliphatic hydroxyl groups excluding tert-OH is 18. The highest BCUT2D eigenvalue weighted by Crippen LogP contribution is 2.35. The van der Waals surface area contributed by atoms with Crippen molar-refractivity contribution in [2.45, 2.75) is 147 Å². The fraction of sp³-hybridized carbons (Fsp3) is 1.00. The minimum absolute atomic E-state index is 0.856. The summed E-state index contributed by atoms with van der Waals surface area (Å²) in [7, 11) is 0. The third-order valence-electron chi connectivity index (χ3n) is 9.96. The molecule has 330 valence electrons. The second kappa shape index (κ2) is 21.0. The summed E-state index contributed by atoms with van der Waals surface area (Å²) in [5, 5.41) is 186. The molecule has 56 heavy (non-hydrogen) atoms. The van der Waals surface area contributed by atoms with Gasteiger partial charge in [-0.15, -0.1) is 0 Å². The van der Waals surface area contributed by atoms with Crippen LogP contribution in [0.25, 0.3) is 0 Å². The van der Waals surface area contributed by atoms with E-state index in [1.54, 1.807) is 0 Å². The van der Waals surface area contributed by atoms with Crippen molar-refractivity contribution < 1.29 is 130 Å². The molecule has 4 saturated heterocycles. The second-order valence-corrected chi connectivity index (χ2v) is 13.7. The van der Waals surface area contributed by atoms with Crippen molar-refractivity contribution in [1.29, 1.82) is 0 Å². The van der Waals surface area contributed by atoms with Crippen LogP contribution in [0.3, 0.4) is 0 Å². The zero-order valence-corrected chi connectivity index (χ0v) is 29.4. The van der Waals surface area contributed by atoms with Gasteiger partial charge in [-0.1, -0.05) is 0 Å². The molecule has 0 radical (unpaired) electrons. The first-order valence-electron chi connectivity index (χ1n) is 17.5. The van der Waals surface area contributed by atoms with E-state index in [0.29, 0.717) is 0 Å². The first-order chi connectivity index (χ1) is 26.5. The molecule has 26 heteroatoms. The van der Waals surface area contributed by atoms with Gasteiger partial charge in [0.25, 0.3) is 0 Å². The predicted molar refractivity (Wildman–Crippen MR) is 169 cm³/mol. The predicted octanol–water partition coefficient (Wildman–Crippen LogP) is -12.3. The quantitative estimate of drug-likeness (QED) is 0.0647. The highest BCUT2D eigenvalue weighted by Gasteiger charge is 2.56. The van der Waals surface area contributed by atoms with Gasteiger partial charge in [-0.3, -0.25) is 0 Å². The Hall–Kier alpha value is -1.04. The van der Waals surface area contributed by atoms with Crippen LogP contribution in [0.2, 0.25) is 0 Å². The number of rotatable bonds is 17. The van der Waals surface area contributed by atoms with Gasteiger partial charge < -0.3 is 130 Å². The molecule has 0 spiro atoms. The second-order valence-electron chi connectivity index (χ2n) is 13.7. The SMILES string of the molecule is OC[C@@H](O)[C@@H](O)[C@H](O[C@@H]1O[C@H](CO)[C@@H](O)[C@H](O[C@@H]2O[C@H](CO)[C@@H](O)[C@H](O[C@@H]3O[C@H](CO)[C@@H](O)[C@H](O[C@@H]4O[C@H](CO)[C@@H](O)[C@H](O)[C@H]4O)[C@H]3O)[C@H]2O)[C@H]1O)[C@@H](O)CO. The molecule has 0 bridgehead atoms. The van der Waals surface area contributed by atoms with E-state index < -0.39 is 187 Å². The normalized spacial score (nSPS) is 47.2. The van der Waals surface area contributed by atoms with Crippen molar-refractivity contribution in [3.63, 3.8) is 0 Å². The van der Waals surface area contributed by atoms with Crippen LogP contribution in [0.1, 0.15) is 0 Å². The Kier molecular flexibility index (Phi) is 17.8. The van der Waals surface area contributed by atoms with Gasteiger partial charge in [0.05, 0.1) is 39.6 Å². The van der Waals surface area contributed by atoms with E-state index in [0.717, 1.165) is 0 Å². The Bertz CT molecular complexity index is 1160. The van der Waals surface area contributed by atoms with E-state index in [2.05, 4.69) is 0 Å². The molecule has 0 aromatic heterocycles. The van der Waals surface area contributed by atoms with Crippen LogP contribution in [0.5, 0.6) is 0 Å². The molecule has 0 aliphatic carbocycles. The number of hydrogen-bond donors (Lipinski definition) is 18. The lowest BCUT2D eigenvalue weighted by atomic mass is 9.95. The summed E-state index contributed by atoms with van der Waals surface area (Å²) >= 11 is 0. The number of ether oxygens (including phenoxy) is 8. The van der Waals surface area contributed by atoms with E-state index in [4.69, 9.17) is 37.9 Å². The van der Waals surface area contributed by atoms with Gasteiger partial charge >= 0.3 is 0 Å². The molecule has 4 aliphatic heterocycles. The molecule has 0 aromatic carbocycles. The Morgan fingerprint density at radius 2 is 0.696 bits per heavy atom. The Balaban J connectivity index is 1.55. The molecule has 0 unspecified atom stereocenters. The topological polar surface area (TPSA) is 438 Å². The Labute approximate surface area is 317 Å². The molecule has 24 atom stereocenters. The number of hydrogen-bond acceptors (Lipinski definition) is 26. The largest absolute Gasteiger partial charge is 0.394 e. The molecule has 4 heterocycles. The summed E-state index contributed by atoms with van der Waals surface area (Å²) in [4.78, 5) is 0. The van der Waals surface area contributed by atoms with Crippen LogP contribution in [-0.2, 0) is 37.9 Å². The molecule has 4 rings (SSSR count). The molecule has 26 nitrogen and oxygen atoms in total. The molecule has 0 saturated carbocycles. The monoisotopic (exact) mass is 830 g/mol. The summed E-state index contributed by atoms with van der Waals surface area (Å²) in [6.07, 6.45) is -46.5. The van der Waals surface area contributed by atoms with Crippen LogP contribution in [0.15, 0.2) is 0 Å². The highest BCUT2D eigenvalue weighted by molar-refractivity contribution is 4.98. The minimum atomic E-state index is -2.20. The standard InChI is InChI=1S/C30H54O26/c31-1-7(37)13(39)23(8(38)2-32)53-28-20(46)25(16(42)10(4-34)50-28)55-30-22(48)26(17(43)12(6-36)52-30)56-29-21(47)24(15(41)11(5-35)51-29)54-27-19(45)18(44)14(40)9(3-33)49-27/h7-48H,1-6H2/t7-,8+,9-,10-,11-,12-,13-,14-,15-,16-,17-,18+,19-,20-,21-,22-,23-,24+,25+,26+,27+,28+,29+,30+/m1/s1. The summed E-state index contributed by atoms with van der Waals surface area (Å²) in [6, 6.07) is 0. The van der Waals surface area contributed by atoms with Crippen LogP contribution < -0.4 is 0 Å². The summed E-state index contributed by atoms with van der Waals surface area (Å²) in [5.41, 5.74) is 0. The first-order valence-corrected chi connectivity index (χ1v) is 17.5. The van der Waals surface area contributed by atoms with Gasteiger partial charge in [-0.05, 0) is 0 Å². The molecule has 4 fully saturated rings. The van der Waals surface area contributed by atoms with Crippen LogP contribution in [0.4, 0.5) is 0 Å². The van der Waals surface area contributed by atoms with Gasteiger partial charge in [-0.25, -0.2) is 0 Å². The van der Waals surface area contributed by atoms with E-state index >= 15 is 0 Å². The maximum Gasteiger partial charge on any atom is 0.187 e. The van der Waals surface area contributed by atoms with Gasteiger partial charge in [0.1, 0.15) is 122 Å². The third-order valence-corrected chi connectivity index (χ3v) is 9.96. The van der Waals surface area contributed by atoms with Crippen LogP contribution >= 0.6 is 0 Å².